The van der Waals surface area contributed by atoms with Crippen LogP contribution < -0.4 is 0 Å². The molecule has 0 aliphatic carbocycles. The molecule has 2 aliphatic rings. The van der Waals surface area contributed by atoms with Gasteiger partial charge in [-0.3, -0.25) is 19.6 Å². The van der Waals surface area contributed by atoms with E-state index in [-0.39, 0.29) is 17.9 Å². The number of hydrogen-bond acceptors (Lipinski definition) is 6. The fraction of sp³-hybridized carbons (Fsp3) is 0.750. The minimum Gasteiger partial charge on any atom is -0.481 e. The van der Waals surface area contributed by atoms with Crippen LogP contribution in [0.1, 0.15) is 44.9 Å². The Balaban J connectivity index is 0.000000217. The fourth-order valence-corrected chi connectivity index (χ4v) is 4.81. The van der Waals surface area contributed by atoms with Gasteiger partial charge in [-0.05, 0) is 19.3 Å². The molecule has 0 aromatic carbocycles. The molecule has 0 unspecified atom stereocenters. The van der Waals surface area contributed by atoms with E-state index in [1.54, 1.807) is 0 Å². The normalized spacial score (nSPS) is 21.9. The molecule has 0 saturated carbocycles. The highest BCUT2D eigenvalue weighted by Gasteiger charge is 2.26. The van der Waals surface area contributed by atoms with E-state index in [0.29, 0.717) is 6.42 Å². The molecule has 0 radical (unpaired) electrons. The van der Waals surface area contributed by atoms with Crippen LogP contribution in [-0.4, -0.2) is 44.2 Å². The SMILES string of the molecule is O=C(O)CCCC[C@@H]1CCSS1.O=C1CCC(=O)N1O. The first kappa shape index (κ1) is 17.3. The number of rotatable bonds is 5. The number of carboxylic acids is 1. The van der Waals surface area contributed by atoms with Crippen molar-refractivity contribution < 1.29 is 24.7 Å². The molecule has 8 heteroatoms. The molecule has 2 amide bonds. The number of hydrogen-bond donors (Lipinski definition) is 2. The Hall–Kier alpha value is -0.730. The number of carboxylic acid groups (broad SMARTS) is 1. The van der Waals surface area contributed by atoms with Gasteiger partial charge in [-0.2, -0.15) is 5.06 Å². The van der Waals surface area contributed by atoms with Gasteiger partial charge < -0.3 is 5.11 Å². The van der Waals surface area contributed by atoms with Gasteiger partial charge in [0.2, 0.25) is 0 Å². The zero-order chi connectivity index (χ0) is 15.0. The van der Waals surface area contributed by atoms with Gasteiger partial charge in [-0.15, -0.1) is 0 Å². The van der Waals surface area contributed by atoms with Gasteiger partial charge in [0.15, 0.2) is 0 Å². The molecule has 20 heavy (non-hydrogen) atoms. The highest BCUT2D eigenvalue weighted by molar-refractivity contribution is 8.77. The standard InChI is InChI=1S/C8H14O2S2.C4H5NO3/c9-8(10)4-2-1-3-7-5-6-11-12-7;6-3-1-2-4(7)5(3)8/h7H,1-6H2,(H,9,10);8H,1-2H2/t7-;/m1./s1. The summed E-state index contributed by atoms with van der Waals surface area (Å²) in [5, 5.41) is 17.8. The number of carbonyl (C=O) groups excluding carboxylic acids is 2. The lowest BCUT2D eigenvalue weighted by molar-refractivity contribution is -0.171. The highest BCUT2D eigenvalue weighted by atomic mass is 33.1. The van der Waals surface area contributed by atoms with Crippen molar-refractivity contribution in [3.05, 3.63) is 0 Å². The van der Waals surface area contributed by atoms with Crippen LogP contribution >= 0.6 is 21.6 Å². The van der Waals surface area contributed by atoms with Crippen molar-refractivity contribution in [3.8, 4) is 0 Å². The summed E-state index contributed by atoms with van der Waals surface area (Å²) in [4.78, 5) is 30.7. The van der Waals surface area contributed by atoms with E-state index in [9.17, 15) is 14.4 Å². The van der Waals surface area contributed by atoms with Crippen molar-refractivity contribution in [3.63, 3.8) is 0 Å². The van der Waals surface area contributed by atoms with Crippen LogP contribution in [-0.2, 0) is 14.4 Å². The quantitative estimate of drug-likeness (QED) is 0.347. The van der Waals surface area contributed by atoms with E-state index in [1.165, 1.54) is 18.6 Å². The summed E-state index contributed by atoms with van der Waals surface area (Å²) >= 11 is 0. The van der Waals surface area contributed by atoms with Crippen LogP contribution in [0.2, 0.25) is 0 Å². The number of imide groups is 1. The Morgan fingerprint density at radius 1 is 1.25 bits per heavy atom. The third-order valence-electron chi connectivity index (χ3n) is 2.92. The Bertz CT molecular complexity index is 342. The molecular weight excluding hydrogens is 302 g/mol. The van der Waals surface area contributed by atoms with Crippen LogP contribution in [0.5, 0.6) is 0 Å². The van der Waals surface area contributed by atoms with Crippen LogP contribution in [0.25, 0.3) is 0 Å². The summed E-state index contributed by atoms with van der Waals surface area (Å²) in [5.74, 6) is -0.401. The molecule has 0 aromatic heterocycles. The minimum atomic E-state index is -0.663. The molecular formula is C12H19NO5S2. The van der Waals surface area contributed by atoms with Gasteiger partial charge in [-0.25, -0.2) is 0 Å². The topological polar surface area (TPSA) is 94.9 Å². The number of amides is 2. The lowest BCUT2D eigenvalue weighted by Crippen LogP contribution is -2.24. The van der Waals surface area contributed by atoms with E-state index < -0.39 is 17.8 Å². The maximum Gasteiger partial charge on any atom is 0.303 e. The lowest BCUT2D eigenvalue weighted by Gasteiger charge is -2.04. The molecule has 0 spiro atoms. The molecule has 6 nitrogen and oxygen atoms in total. The van der Waals surface area contributed by atoms with Gasteiger partial charge in [0.1, 0.15) is 0 Å². The predicted octanol–water partition coefficient (Wildman–Crippen LogP) is 2.31. The van der Waals surface area contributed by atoms with E-state index in [2.05, 4.69) is 0 Å². The highest BCUT2D eigenvalue weighted by Crippen LogP contribution is 2.39. The summed E-state index contributed by atoms with van der Waals surface area (Å²) < 4.78 is 0. The largest absolute Gasteiger partial charge is 0.481 e. The second-order valence-corrected chi connectivity index (χ2v) is 7.36. The average molecular weight is 321 g/mol. The van der Waals surface area contributed by atoms with Crippen molar-refractivity contribution in [1.82, 2.24) is 5.06 Å². The molecule has 2 fully saturated rings. The lowest BCUT2D eigenvalue weighted by atomic mass is 10.1. The van der Waals surface area contributed by atoms with E-state index in [0.717, 1.165) is 18.1 Å². The zero-order valence-corrected chi connectivity index (χ0v) is 12.8. The van der Waals surface area contributed by atoms with Crippen LogP contribution in [0.3, 0.4) is 0 Å². The maximum atomic E-state index is 10.2. The van der Waals surface area contributed by atoms with Gasteiger partial charge in [-0.1, -0.05) is 28.0 Å². The maximum absolute atomic E-state index is 10.2. The second-order valence-electron chi connectivity index (χ2n) is 4.57. The summed E-state index contributed by atoms with van der Waals surface area (Å²) in [7, 11) is 3.92. The number of carbonyl (C=O) groups is 3. The number of nitrogens with zero attached hydrogens (tertiary/aromatic N) is 1. The predicted molar refractivity (Wildman–Crippen MR) is 77.4 cm³/mol. The van der Waals surface area contributed by atoms with Gasteiger partial charge in [0.05, 0.1) is 0 Å². The fourth-order valence-electron chi connectivity index (χ4n) is 1.78. The minimum absolute atomic E-state index is 0.148. The first-order chi connectivity index (χ1) is 9.50. The summed E-state index contributed by atoms with van der Waals surface area (Å²) in [6.07, 6.45) is 5.06. The summed E-state index contributed by atoms with van der Waals surface area (Å²) in [6.45, 7) is 0. The van der Waals surface area contributed by atoms with Crippen molar-refractivity contribution in [2.45, 2.75) is 50.2 Å². The Kier molecular flexibility index (Phi) is 8.01. The molecule has 2 rings (SSSR count). The molecule has 0 bridgehead atoms. The average Bonchev–Trinajstić information content (AvgIpc) is 3.02. The Morgan fingerprint density at radius 3 is 2.30 bits per heavy atom. The van der Waals surface area contributed by atoms with Crippen molar-refractivity contribution in [2.75, 3.05) is 5.75 Å². The van der Waals surface area contributed by atoms with Gasteiger partial charge in [0.25, 0.3) is 11.8 Å². The van der Waals surface area contributed by atoms with E-state index in [1.807, 2.05) is 21.6 Å². The van der Waals surface area contributed by atoms with Crippen molar-refractivity contribution >= 4 is 39.4 Å². The summed E-state index contributed by atoms with van der Waals surface area (Å²) in [6, 6.07) is 0. The molecule has 114 valence electrons. The molecule has 2 aliphatic heterocycles. The molecule has 2 heterocycles. The third kappa shape index (κ3) is 6.62. The van der Waals surface area contributed by atoms with Gasteiger partial charge >= 0.3 is 5.97 Å². The third-order valence-corrected chi connectivity index (χ3v) is 5.93. The molecule has 0 aromatic rings. The first-order valence-electron chi connectivity index (χ1n) is 6.55. The Labute approximate surface area is 125 Å². The van der Waals surface area contributed by atoms with E-state index in [4.69, 9.17) is 10.3 Å². The number of aliphatic carboxylic acids is 1. The number of hydroxylamine groups is 2. The van der Waals surface area contributed by atoms with Crippen LogP contribution in [0.15, 0.2) is 0 Å². The van der Waals surface area contributed by atoms with Crippen molar-refractivity contribution in [2.24, 2.45) is 0 Å². The van der Waals surface area contributed by atoms with Crippen molar-refractivity contribution in [1.29, 1.82) is 0 Å². The monoisotopic (exact) mass is 321 g/mol. The second kappa shape index (κ2) is 9.25. The zero-order valence-electron chi connectivity index (χ0n) is 11.1. The smallest absolute Gasteiger partial charge is 0.303 e. The number of unbranched alkanes of at least 4 members (excludes halogenated alkanes) is 1. The Morgan fingerprint density at radius 2 is 1.90 bits per heavy atom. The van der Waals surface area contributed by atoms with Gasteiger partial charge in [0, 0.05) is 30.3 Å². The molecule has 1 atom stereocenters. The first-order valence-corrected chi connectivity index (χ1v) is 8.93. The van der Waals surface area contributed by atoms with Crippen LogP contribution in [0, 0.1) is 0 Å². The van der Waals surface area contributed by atoms with E-state index >= 15 is 0 Å². The summed E-state index contributed by atoms with van der Waals surface area (Å²) in [5.41, 5.74) is 0. The molecule has 2 saturated heterocycles. The molecule has 2 N–H and O–H groups in total. The van der Waals surface area contributed by atoms with Crippen LogP contribution in [0.4, 0.5) is 0 Å².